The predicted molar refractivity (Wildman–Crippen MR) is 96.2 cm³/mol. The Labute approximate surface area is 149 Å². The Morgan fingerprint density at radius 2 is 2.16 bits per heavy atom. The van der Waals surface area contributed by atoms with E-state index in [0.717, 1.165) is 5.56 Å². The quantitative estimate of drug-likeness (QED) is 0.836. The Hall–Kier alpha value is -2.41. The number of carbonyl (C=O) groups is 1. The minimum atomic E-state index is -0.232. The highest BCUT2D eigenvalue weighted by molar-refractivity contribution is 5.74. The smallest absolute Gasteiger partial charge is 0.318 e. The van der Waals surface area contributed by atoms with Crippen LogP contribution in [0, 0.1) is 13.8 Å². The molecule has 0 aliphatic heterocycles. The number of methoxy groups -OCH3 is 1. The molecule has 2 rings (SSSR count). The Kier molecular flexibility index (Phi) is 6.52. The maximum Gasteiger partial charge on any atom is 0.318 e. The van der Waals surface area contributed by atoms with Crippen molar-refractivity contribution in [3.05, 3.63) is 47.0 Å². The van der Waals surface area contributed by atoms with Crippen LogP contribution < -0.4 is 5.32 Å². The van der Waals surface area contributed by atoms with Gasteiger partial charge in [-0.1, -0.05) is 23.8 Å². The molecule has 1 aromatic heterocycles. The lowest BCUT2D eigenvalue weighted by molar-refractivity contribution is 0.144. The van der Waals surface area contributed by atoms with E-state index in [4.69, 9.17) is 4.74 Å². The van der Waals surface area contributed by atoms with Gasteiger partial charge in [-0.15, -0.1) is 10.2 Å². The zero-order chi connectivity index (χ0) is 18.4. The van der Waals surface area contributed by atoms with Gasteiger partial charge in [0.2, 0.25) is 0 Å². The number of carbonyl (C=O) groups excluding carboxylic acids is 1. The van der Waals surface area contributed by atoms with Gasteiger partial charge in [0.05, 0.1) is 12.6 Å². The van der Waals surface area contributed by atoms with Crippen molar-refractivity contribution in [3.8, 4) is 0 Å². The van der Waals surface area contributed by atoms with Gasteiger partial charge in [-0.3, -0.25) is 0 Å². The summed E-state index contributed by atoms with van der Waals surface area (Å²) in [6, 6.07) is 5.89. The third-order valence-electron chi connectivity index (χ3n) is 4.19. The Morgan fingerprint density at radius 3 is 2.76 bits per heavy atom. The number of aryl methyl sites for hydroxylation is 3. The molecule has 0 radical (unpaired) electrons. The molecule has 0 aliphatic rings. The molecule has 2 amide bonds. The number of hydrogen-bond donors (Lipinski definition) is 1. The molecule has 7 nitrogen and oxygen atoms in total. The minimum absolute atomic E-state index is 0.146. The van der Waals surface area contributed by atoms with Crippen molar-refractivity contribution in [1.29, 1.82) is 0 Å². The number of urea groups is 1. The Balaban J connectivity index is 2.10. The first-order valence-electron chi connectivity index (χ1n) is 8.36. The number of aromatic nitrogens is 3. The van der Waals surface area contributed by atoms with Gasteiger partial charge < -0.3 is 19.5 Å². The summed E-state index contributed by atoms with van der Waals surface area (Å²) in [5.41, 5.74) is 3.52. The van der Waals surface area contributed by atoms with E-state index in [1.807, 2.05) is 14.0 Å². The summed E-state index contributed by atoms with van der Waals surface area (Å²) < 4.78 is 6.96. The van der Waals surface area contributed by atoms with Gasteiger partial charge in [0.1, 0.15) is 6.33 Å². The molecule has 0 bridgehead atoms. The summed E-state index contributed by atoms with van der Waals surface area (Å²) in [6.45, 7) is 7.56. The molecule has 0 saturated carbocycles. The summed E-state index contributed by atoms with van der Waals surface area (Å²) in [7, 11) is 3.49. The second-order valence-corrected chi connectivity index (χ2v) is 6.32. The van der Waals surface area contributed by atoms with Crippen LogP contribution in [0.25, 0.3) is 0 Å². The highest BCUT2D eigenvalue weighted by atomic mass is 16.5. The van der Waals surface area contributed by atoms with Crippen LogP contribution in [0.1, 0.15) is 35.5 Å². The van der Waals surface area contributed by atoms with Gasteiger partial charge in [-0.05, 0) is 31.9 Å². The average molecular weight is 345 g/mol. The van der Waals surface area contributed by atoms with Gasteiger partial charge >= 0.3 is 6.03 Å². The van der Waals surface area contributed by atoms with Crippen molar-refractivity contribution in [2.45, 2.75) is 33.4 Å². The molecule has 7 heteroatoms. The zero-order valence-electron chi connectivity index (χ0n) is 15.6. The number of rotatable bonds is 7. The molecule has 2 aromatic rings. The standard InChI is InChI=1S/C18H27N5O2/c1-13-6-7-16(14(2)10-13)11-23(8-9-25-5)18(24)20-15(3)17-21-19-12-22(17)4/h6-7,10,12,15H,8-9,11H2,1-5H3,(H,20,24). The van der Waals surface area contributed by atoms with Crippen LogP contribution in [0.3, 0.4) is 0 Å². The van der Waals surface area contributed by atoms with E-state index in [2.05, 4.69) is 47.6 Å². The molecule has 0 fully saturated rings. The fourth-order valence-corrected chi connectivity index (χ4v) is 2.71. The van der Waals surface area contributed by atoms with Crippen molar-refractivity contribution >= 4 is 6.03 Å². The van der Waals surface area contributed by atoms with Crippen molar-refractivity contribution in [3.63, 3.8) is 0 Å². The summed E-state index contributed by atoms with van der Waals surface area (Å²) in [5, 5.41) is 10.9. The first-order chi connectivity index (χ1) is 11.9. The van der Waals surface area contributed by atoms with Gasteiger partial charge in [0, 0.05) is 27.2 Å². The molecular weight excluding hydrogens is 318 g/mol. The van der Waals surface area contributed by atoms with Crippen molar-refractivity contribution in [2.75, 3.05) is 20.3 Å². The van der Waals surface area contributed by atoms with Gasteiger partial charge in [0.25, 0.3) is 0 Å². The average Bonchev–Trinajstić information content (AvgIpc) is 2.99. The first-order valence-corrected chi connectivity index (χ1v) is 8.36. The third-order valence-corrected chi connectivity index (χ3v) is 4.19. The van der Waals surface area contributed by atoms with Crippen LogP contribution in [0.4, 0.5) is 4.79 Å². The van der Waals surface area contributed by atoms with E-state index >= 15 is 0 Å². The summed E-state index contributed by atoms with van der Waals surface area (Å²) in [4.78, 5) is 14.5. The third kappa shape index (κ3) is 5.03. The maximum atomic E-state index is 12.8. The molecule has 136 valence electrons. The number of amides is 2. The zero-order valence-corrected chi connectivity index (χ0v) is 15.6. The van der Waals surface area contributed by atoms with Crippen LogP contribution >= 0.6 is 0 Å². The Morgan fingerprint density at radius 1 is 1.40 bits per heavy atom. The fourth-order valence-electron chi connectivity index (χ4n) is 2.71. The van der Waals surface area contributed by atoms with Crippen molar-refractivity contribution in [1.82, 2.24) is 25.0 Å². The lowest BCUT2D eigenvalue weighted by Gasteiger charge is -2.25. The molecule has 1 heterocycles. The van der Waals surface area contributed by atoms with Crippen molar-refractivity contribution < 1.29 is 9.53 Å². The second kappa shape index (κ2) is 8.62. The van der Waals surface area contributed by atoms with Gasteiger partial charge in [-0.2, -0.15) is 0 Å². The summed E-state index contributed by atoms with van der Waals surface area (Å²) >= 11 is 0. The maximum absolute atomic E-state index is 12.8. The molecular formula is C18H27N5O2. The van der Waals surface area contributed by atoms with Crippen LogP contribution in [0.5, 0.6) is 0 Å². The van der Waals surface area contributed by atoms with E-state index < -0.39 is 0 Å². The molecule has 1 N–H and O–H groups in total. The van der Waals surface area contributed by atoms with Crippen LogP contribution in [-0.2, 0) is 18.3 Å². The second-order valence-electron chi connectivity index (χ2n) is 6.32. The van der Waals surface area contributed by atoms with Gasteiger partial charge in [0.15, 0.2) is 5.82 Å². The van der Waals surface area contributed by atoms with E-state index in [-0.39, 0.29) is 12.1 Å². The Bertz CT molecular complexity index is 713. The van der Waals surface area contributed by atoms with E-state index in [0.29, 0.717) is 25.5 Å². The van der Waals surface area contributed by atoms with E-state index in [9.17, 15) is 4.79 Å². The molecule has 1 aromatic carbocycles. The van der Waals surface area contributed by atoms with Crippen molar-refractivity contribution in [2.24, 2.45) is 7.05 Å². The molecule has 0 spiro atoms. The molecule has 0 saturated heterocycles. The minimum Gasteiger partial charge on any atom is -0.383 e. The molecule has 25 heavy (non-hydrogen) atoms. The number of hydrogen-bond acceptors (Lipinski definition) is 4. The number of ether oxygens (including phenoxy) is 1. The van der Waals surface area contributed by atoms with Crippen LogP contribution in [0.15, 0.2) is 24.5 Å². The van der Waals surface area contributed by atoms with Gasteiger partial charge in [-0.25, -0.2) is 4.79 Å². The van der Waals surface area contributed by atoms with Crippen LogP contribution in [-0.4, -0.2) is 46.0 Å². The van der Waals surface area contributed by atoms with Crippen LogP contribution in [0.2, 0.25) is 0 Å². The summed E-state index contributed by atoms with van der Waals surface area (Å²) in [5.74, 6) is 0.714. The fraction of sp³-hybridized carbons (Fsp3) is 0.500. The lowest BCUT2D eigenvalue weighted by atomic mass is 10.1. The first kappa shape index (κ1) is 18.9. The molecule has 1 atom stereocenters. The SMILES string of the molecule is COCCN(Cc1ccc(C)cc1C)C(=O)NC(C)c1nncn1C. The number of nitrogens with one attached hydrogen (secondary N) is 1. The highest BCUT2D eigenvalue weighted by Crippen LogP contribution is 2.14. The molecule has 1 unspecified atom stereocenters. The lowest BCUT2D eigenvalue weighted by Crippen LogP contribution is -2.42. The van der Waals surface area contributed by atoms with E-state index in [1.165, 1.54) is 11.1 Å². The largest absolute Gasteiger partial charge is 0.383 e. The number of nitrogens with zero attached hydrogens (tertiary/aromatic N) is 4. The topological polar surface area (TPSA) is 72.3 Å². The summed E-state index contributed by atoms with van der Waals surface area (Å²) in [6.07, 6.45) is 1.62. The predicted octanol–water partition coefficient (Wildman–Crippen LogP) is 2.35. The normalized spacial score (nSPS) is 12.0. The monoisotopic (exact) mass is 345 g/mol. The molecule has 0 aliphatic carbocycles. The highest BCUT2D eigenvalue weighted by Gasteiger charge is 2.19. The number of benzene rings is 1. The van der Waals surface area contributed by atoms with E-state index in [1.54, 1.807) is 22.9 Å².